The Kier molecular flexibility index (Phi) is 5.75. The van der Waals surface area contributed by atoms with Gasteiger partial charge >= 0.3 is 0 Å². The molecule has 1 amide bonds. The minimum atomic E-state index is -0.967. The number of rotatable bonds is 4. The second-order valence-electron chi connectivity index (χ2n) is 7.45. The molecule has 4 rings (SSSR count). The number of aliphatic hydroxyl groups excluding tert-OH is 1. The van der Waals surface area contributed by atoms with Crippen LogP contribution in [0.4, 0.5) is 5.69 Å². The van der Waals surface area contributed by atoms with Crippen molar-refractivity contribution in [3.8, 4) is 5.75 Å². The summed E-state index contributed by atoms with van der Waals surface area (Å²) < 4.78 is 10.7. The van der Waals surface area contributed by atoms with Gasteiger partial charge in [-0.15, -0.1) is 0 Å². The molecule has 0 saturated carbocycles. The Balaban J connectivity index is 1.95. The summed E-state index contributed by atoms with van der Waals surface area (Å²) in [6.45, 7) is 3.79. The lowest BCUT2D eigenvalue weighted by atomic mass is 9.98. The number of hydrogen-bond acceptors (Lipinski definition) is 5. The minimum absolute atomic E-state index is 0.123. The maximum absolute atomic E-state index is 13.1. The molecule has 6 nitrogen and oxygen atoms in total. The van der Waals surface area contributed by atoms with Gasteiger partial charge in [0.2, 0.25) is 0 Å². The Morgan fingerprint density at radius 2 is 1.78 bits per heavy atom. The molecule has 1 aromatic heterocycles. The van der Waals surface area contributed by atoms with E-state index in [0.717, 1.165) is 11.1 Å². The molecular formula is C24H19Cl2NO5. The molecule has 2 aromatic carbocycles. The first-order chi connectivity index (χ1) is 15.2. The van der Waals surface area contributed by atoms with Crippen molar-refractivity contribution in [2.24, 2.45) is 0 Å². The normalized spacial score (nSPS) is 17.8. The molecular weight excluding hydrogens is 453 g/mol. The predicted octanol–water partition coefficient (Wildman–Crippen LogP) is 5.84. The first kappa shape index (κ1) is 22.0. The van der Waals surface area contributed by atoms with E-state index < -0.39 is 23.5 Å². The predicted molar refractivity (Wildman–Crippen MR) is 122 cm³/mol. The topological polar surface area (TPSA) is 80.0 Å². The first-order valence-corrected chi connectivity index (χ1v) is 10.4. The molecule has 0 bridgehead atoms. The molecule has 0 radical (unpaired) electrons. The van der Waals surface area contributed by atoms with Crippen LogP contribution in [0.1, 0.15) is 28.5 Å². The van der Waals surface area contributed by atoms with Crippen molar-refractivity contribution < 1.29 is 23.8 Å². The lowest BCUT2D eigenvalue weighted by Gasteiger charge is -2.25. The highest BCUT2D eigenvalue weighted by Crippen LogP contribution is 2.44. The Morgan fingerprint density at radius 1 is 1.09 bits per heavy atom. The zero-order valence-corrected chi connectivity index (χ0v) is 19.0. The number of anilines is 1. The van der Waals surface area contributed by atoms with Crippen molar-refractivity contribution in [3.63, 3.8) is 0 Å². The number of halogens is 2. The molecule has 1 atom stereocenters. The Hall–Kier alpha value is -3.22. The molecule has 32 heavy (non-hydrogen) atoms. The summed E-state index contributed by atoms with van der Waals surface area (Å²) >= 11 is 12.4. The van der Waals surface area contributed by atoms with Crippen LogP contribution >= 0.6 is 23.2 Å². The van der Waals surface area contributed by atoms with E-state index in [1.54, 1.807) is 18.2 Å². The number of aliphatic hydroxyl groups is 1. The summed E-state index contributed by atoms with van der Waals surface area (Å²) in [5.41, 5.74) is 2.42. The van der Waals surface area contributed by atoms with Crippen LogP contribution in [0.3, 0.4) is 0 Å². The number of methoxy groups -OCH3 is 1. The van der Waals surface area contributed by atoms with E-state index in [2.05, 4.69) is 0 Å². The molecule has 1 aliphatic rings. The Morgan fingerprint density at radius 3 is 2.34 bits per heavy atom. The molecule has 1 unspecified atom stereocenters. The van der Waals surface area contributed by atoms with Gasteiger partial charge in [0.25, 0.3) is 11.7 Å². The monoisotopic (exact) mass is 471 g/mol. The van der Waals surface area contributed by atoms with Gasteiger partial charge in [-0.1, -0.05) is 40.9 Å². The number of ketones is 1. The molecule has 8 heteroatoms. The molecule has 1 fully saturated rings. The number of aryl methyl sites for hydroxylation is 2. The van der Waals surface area contributed by atoms with Crippen LogP contribution in [0, 0.1) is 13.8 Å². The lowest BCUT2D eigenvalue weighted by Crippen LogP contribution is -2.30. The number of furan rings is 1. The van der Waals surface area contributed by atoms with Crippen LogP contribution in [-0.2, 0) is 9.59 Å². The second kappa shape index (κ2) is 8.37. The quantitative estimate of drug-likeness (QED) is 0.293. The van der Waals surface area contributed by atoms with E-state index in [9.17, 15) is 14.7 Å². The van der Waals surface area contributed by atoms with Crippen molar-refractivity contribution in [3.05, 3.63) is 86.8 Å². The van der Waals surface area contributed by atoms with Gasteiger partial charge in [0.05, 0.1) is 29.0 Å². The van der Waals surface area contributed by atoms with Crippen LogP contribution < -0.4 is 9.64 Å². The van der Waals surface area contributed by atoms with Gasteiger partial charge in [0, 0.05) is 11.3 Å². The van der Waals surface area contributed by atoms with Gasteiger partial charge in [-0.3, -0.25) is 14.5 Å². The Bertz CT molecular complexity index is 1240. The van der Waals surface area contributed by atoms with E-state index in [4.69, 9.17) is 32.4 Å². The van der Waals surface area contributed by atoms with Crippen LogP contribution in [0.5, 0.6) is 5.75 Å². The number of amides is 1. The third-order valence-electron chi connectivity index (χ3n) is 5.34. The maximum Gasteiger partial charge on any atom is 0.300 e. The van der Waals surface area contributed by atoms with Crippen LogP contribution in [0.15, 0.2) is 58.7 Å². The number of Topliss-reactive ketones (excluding diaryl/α,β-unsaturated/α-hetero) is 1. The van der Waals surface area contributed by atoms with Crippen LogP contribution in [0.25, 0.3) is 5.76 Å². The summed E-state index contributed by atoms with van der Waals surface area (Å²) in [5.74, 6) is -1.46. The number of carbonyl (C=O) groups excluding carboxylic acids is 2. The highest BCUT2D eigenvalue weighted by Gasteiger charge is 2.48. The van der Waals surface area contributed by atoms with Crippen molar-refractivity contribution in [1.82, 2.24) is 0 Å². The van der Waals surface area contributed by atoms with E-state index >= 15 is 0 Å². The summed E-state index contributed by atoms with van der Waals surface area (Å²) in [7, 11) is 1.42. The first-order valence-electron chi connectivity index (χ1n) is 9.69. The fourth-order valence-corrected chi connectivity index (χ4v) is 4.56. The molecule has 3 aromatic rings. The largest absolute Gasteiger partial charge is 0.507 e. The highest BCUT2D eigenvalue weighted by molar-refractivity contribution is 6.51. The molecule has 2 heterocycles. The molecule has 1 saturated heterocycles. The maximum atomic E-state index is 13.1. The third kappa shape index (κ3) is 3.55. The van der Waals surface area contributed by atoms with Crippen molar-refractivity contribution in [2.75, 3.05) is 12.0 Å². The van der Waals surface area contributed by atoms with E-state index in [-0.39, 0.29) is 26.9 Å². The van der Waals surface area contributed by atoms with E-state index in [1.807, 2.05) is 26.0 Å². The SMILES string of the molecule is COc1c(Cl)cc(/C(O)=C2/C(=O)C(=O)N(c3ccc(C)cc3C)C2c2ccco2)cc1Cl. The van der Waals surface area contributed by atoms with Crippen molar-refractivity contribution in [2.45, 2.75) is 19.9 Å². The second-order valence-corrected chi connectivity index (χ2v) is 8.26. The average Bonchev–Trinajstić information content (AvgIpc) is 3.35. The van der Waals surface area contributed by atoms with Crippen LogP contribution in [0.2, 0.25) is 10.0 Å². The number of ether oxygens (including phenoxy) is 1. The third-order valence-corrected chi connectivity index (χ3v) is 5.91. The Labute approximate surface area is 194 Å². The van der Waals surface area contributed by atoms with Gasteiger partial charge < -0.3 is 14.3 Å². The number of benzene rings is 2. The summed E-state index contributed by atoms with van der Waals surface area (Å²) in [4.78, 5) is 27.6. The summed E-state index contributed by atoms with van der Waals surface area (Å²) in [6.07, 6.45) is 1.44. The van der Waals surface area contributed by atoms with Crippen molar-refractivity contribution >= 4 is 46.3 Å². The fourth-order valence-electron chi connectivity index (χ4n) is 3.92. The van der Waals surface area contributed by atoms with E-state index in [1.165, 1.54) is 30.4 Å². The molecule has 1 aliphatic heterocycles. The summed E-state index contributed by atoms with van der Waals surface area (Å²) in [5, 5.41) is 11.5. The number of hydrogen-bond donors (Lipinski definition) is 1. The average molecular weight is 472 g/mol. The number of carbonyl (C=O) groups is 2. The van der Waals surface area contributed by atoms with Gasteiger partial charge in [-0.25, -0.2) is 0 Å². The zero-order chi connectivity index (χ0) is 23.2. The summed E-state index contributed by atoms with van der Waals surface area (Å²) in [6, 6.07) is 10.7. The fraction of sp³-hybridized carbons (Fsp3) is 0.167. The molecule has 0 aliphatic carbocycles. The smallest absolute Gasteiger partial charge is 0.300 e. The minimum Gasteiger partial charge on any atom is -0.507 e. The van der Waals surface area contributed by atoms with Crippen LogP contribution in [-0.4, -0.2) is 23.9 Å². The number of nitrogens with zero attached hydrogens (tertiary/aromatic N) is 1. The van der Waals surface area contributed by atoms with Gasteiger partial charge in [-0.05, 0) is 49.7 Å². The van der Waals surface area contributed by atoms with Gasteiger partial charge in [0.15, 0.2) is 5.75 Å². The van der Waals surface area contributed by atoms with Gasteiger partial charge in [-0.2, -0.15) is 0 Å². The van der Waals surface area contributed by atoms with Crippen molar-refractivity contribution in [1.29, 1.82) is 0 Å². The molecule has 1 N–H and O–H groups in total. The highest BCUT2D eigenvalue weighted by atomic mass is 35.5. The molecule has 0 spiro atoms. The van der Waals surface area contributed by atoms with Gasteiger partial charge in [0.1, 0.15) is 17.6 Å². The molecule has 164 valence electrons. The lowest BCUT2D eigenvalue weighted by molar-refractivity contribution is -0.132. The van der Waals surface area contributed by atoms with E-state index in [0.29, 0.717) is 11.4 Å². The standard InChI is InChI=1S/C24H19Cl2NO5/c1-12-6-7-17(13(2)9-12)27-20(18-5-4-8-32-18)19(22(29)24(27)30)21(28)14-10-15(25)23(31-3)16(26)11-14/h4-11,20,28H,1-3H3/b21-19-. The zero-order valence-electron chi connectivity index (χ0n) is 17.5.